The standard InChI is InChI=1S/C12H12BrClN2/c1-8-5-9(2)16(15-8)12-4-3-10(7-13)6-11(12)14/h3-6H,7H2,1-2H3. The molecule has 1 aromatic heterocycles. The van der Waals surface area contributed by atoms with Crippen molar-refractivity contribution in [3.05, 3.63) is 46.2 Å². The molecule has 0 atom stereocenters. The summed E-state index contributed by atoms with van der Waals surface area (Å²) < 4.78 is 1.87. The first-order chi connectivity index (χ1) is 7.61. The fraction of sp³-hybridized carbons (Fsp3) is 0.250. The first kappa shape index (κ1) is 11.7. The van der Waals surface area contributed by atoms with Crippen molar-refractivity contribution in [3.63, 3.8) is 0 Å². The van der Waals surface area contributed by atoms with Crippen molar-refractivity contribution < 1.29 is 0 Å². The fourth-order valence-corrected chi connectivity index (χ4v) is 2.31. The molecule has 16 heavy (non-hydrogen) atoms. The Hall–Kier alpha value is -0.800. The second kappa shape index (κ2) is 4.60. The summed E-state index contributed by atoms with van der Waals surface area (Å²) in [6, 6.07) is 8.04. The van der Waals surface area contributed by atoms with Crippen LogP contribution in [0.2, 0.25) is 5.02 Å². The van der Waals surface area contributed by atoms with Gasteiger partial charge in [0.15, 0.2) is 0 Å². The summed E-state index contributed by atoms with van der Waals surface area (Å²) in [7, 11) is 0. The zero-order valence-electron chi connectivity index (χ0n) is 9.17. The van der Waals surface area contributed by atoms with Crippen molar-refractivity contribution in [1.29, 1.82) is 0 Å². The van der Waals surface area contributed by atoms with Gasteiger partial charge in [0.2, 0.25) is 0 Å². The molecule has 0 aliphatic carbocycles. The first-order valence-electron chi connectivity index (χ1n) is 5.00. The van der Waals surface area contributed by atoms with Gasteiger partial charge in [-0.2, -0.15) is 5.10 Å². The van der Waals surface area contributed by atoms with Crippen molar-refractivity contribution in [2.75, 3.05) is 0 Å². The van der Waals surface area contributed by atoms with Gasteiger partial charge in [-0.3, -0.25) is 0 Å². The number of halogens is 2. The Kier molecular flexibility index (Phi) is 3.36. The van der Waals surface area contributed by atoms with Crippen molar-refractivity contribution in [3.8, 4) is 5.69 Å². The predicted octanol–water partition coefficient (Wildman–Crippen LogP) is 4.04. The highest BCUT2D eigenvalue weighted by molar-refractivity contribution is 9.08. The van der Waals surface area contributed by atoms with E-state index >= 15 is 0 Å². The molecule has 84 valence electrons. The molecule has 0 saturated heterocycles. The van der Waals surface area contributed by atoms with E-state index in [1.165, 1.54) is 0 Å². The average molecular weight is 300 g/mol. The van der Waals surface area contributed by atoms with Crippen LogP contribution in [-0.4, -0.2) is 9.78 Å². The van der Waals surface area contributed by atoms with Gasteiger partial charge < -0.3 is 0 Å². The van der Waals surface area contributed by atoms with Gasteiger partial charge in [0.05, 0.1) is 16.4 Å². The summed E-state index contributed by atoms with van der Waals surface area (Å²) in [4.78, 5) is 0. The molecule has 2 nitrogen and oxygen atoms in total. The van der Waals surface area contributed by atoms with E-state index in [1.54, 1.807) is 0 Å². The minimum Gasteiger partial charge on any atom is -0.236 e. The summed E-state index contributed by atoms with van der Waals surface area (Å²) in [5.74, 6) is 0. The predicted molar refractivity (Wildman–Crippen MR) is 70.7 cm³/mol. The molecule has 0 bridgehead atoms. The summed E-state index contributed by atoms with van der Waals surface area (Å²) in [5.41, 5.74) is 4.18. The second-order valence-corrected chi connectivity index (χ2v) is 4.73. The number of aryl methyl sites for hydroxylation is 2. The third-order valence-electron chi connectivity index (χ3n) is 2.40. The Bertz CT molecular complexity index is 520. The number of aromatic nitrogens is 2. The highest BCUT2D eigenvalue weighted by Crippen LogP contribution is 2.24. The molecule has 1 aromatic carbocycles. The molecule has 2 aromatic rings. The molecule has 0 spiro atoms. The van der Waals surface area contributed by atoms with Gasteiger partial charge in [0.1, 0.15) is 0 Å². The molecule has 0 amide bonds. The van der Waals surface area contributed by atoms with Gasteiger partial charge in [0, 0.05) is 11.0 Å². The Morgan fingerprint density at radius 1 is 1.31 bits per heavy atom. The number of nitrogens with zero attached hydrogens (tertiary/aromatic N) is 2. The van der Waals surface area contributed by atoms with E-state index in [0.717, 1.165) is 33.0 Å². The van der Waals surface area contributed by atoms with Gasteiger partial charge in [-0.25, -0.2) is 4.68 Å². The van der Waals surface area contributed by atoms with E-state index < -0.39 is 0 Å². The van der Waals surface area contributed by atoms with Crippen LogP contribution in [0.1, 0.15) is 17.0 Å². The smallest absolute Gasteiger partial charge is 0.0835 e. The largest absolute Gasteiger partial charge is 0.236 e. The maximum absolute atomic E-state index is 6.24. The summed E-state index contributed by atoms with van der Waals surface area (Å²) in [5, 5.41) is 5.95. The molecule has 0 saturated carbocycles. The maximum Gasteiger partial charge on any atom is 0.0835 e. The number of rotatable bonds is 2. The Balaban J connectivity index is 2.52. The lowest BCUT2D eigenvalue weighted by atomic mass is 10.2. The number of hydrogen-bond acceptors (Lipinski definition) is 1. The van der Waals surface area contributed by atoms with Crippen molar-refractivity contribution in [2.45, 2.75) is 19.2 Å². The van der Waals surface area contributed by atoms with E-state index in [9.17, 15) is 0 Å². The van der Waals surface area contributed by atoms with Gasteiger partial charge in [-0.15, -0.1) is 0 Å². The van der Waals surface area contributed by atoms with E-state index in [-0.39, 0.29) is 0 Å². The number of benzene rings is 1. The van der Waals surface area contributed by atoms with E-state index in [2.05, 4.69) is 21.0 Å². The number of alkyl halides is 1. The van der Waals surface area contributed by atoms with E-state index in [4.69, 9.17) is 11.6 Å². The van der Waals surface area contributed by atoms with Crippen LogP contribution in [-0.2, 0) is 5.33 Å². The van der Waals surface area contributed by atoms with Gasteiger partial charge >= 0.3 is 0 Å². The summed E-state index contributed by atoms with van der Waals surface area (Å²) in [6.45, 7) is 4.00. The molecule has 0 aliphatic rings. The quantitative estimate of drug-likeness (QED) is 0.765. The van der Waals surface area contributed by atoms with Crippen LogP contribution >= 0.6 is 27.5 Å². The monoisotopic (exact) mass is 298 g/mol. The SMILES string of the molecule is Cc1cc(C)n(-c2ccc(CBr)cc2Cl)n1. The third kappa shape index (κ3) is 2.15. The van der Waals surface area contributed by atoms with Crippen molar-refractivity contribution >= 4 is 27.5 Å². The third-order valence-corrected chi connectivity index (χ3v) is 3.35. The average Bonchev–Trinajstić information content (AvgIpc) is 2.57. The Morgan fingerprint density at radius 2 is 2.06 bits per heavy atom. The van der Waals surface area contributed by atoms with Crippen molar-refractivity contribution in [2.24, 2.45) is 0 Å². The molecule has 0 radical (unpaired) electrons. The highest BCUT2D eigenvalue weighted by Gasteiger charge is 2.08. The minimum atomic E-state index is 0.725. The summed E-state index contributed by atoms with van der Waals surface area (Å²) in [6.07, 6.45) is 0. The highest BCUT2D eigenvalue weighted by atomic mass is 79.9. The van der Waals surface area contributed by atoms with Gasteiger partial charge in [-0.1, -0.05) is 33.6 Å². The maximum atomic E-state index is 6.24. The van der Waals surface area contributed by atoms with Gasteiger partial charge in [0.25, 0.3) is 0 Å². The van der Waals surface area contributed by atoms with Crippen LogP contribution < -0.4 is 0 Å². The molecule has 0 N–H and O–H groups in total. The van der Waals surface area contributed by atoms with E-state index in [1.807, 2.05) is 42.8 Å². The topological polar surface area (TPSA) is 17.8 Å². The molecule has 2 rings (SSSR count). The lowest BCUT2D eigenvalue weighted by Gasteiger charge is -2.07. The molecule has 1 heterocycles. The first-order valence-corrected chi connectivity index (χ1v) is 6.50. The molecular formula is C12H12BrClN2. The molecule has 0 aliphatic heterocycles. The van der Waals surface area contributed by atoms with Crippen LogP contribution in [0, 0.1) is 13.8 Å². The van der Waals surface area contributed by atoms with Crippen LogP contribution in [0.3, 0.4) is 0 Å². The number of hydrogen-bond donors (Lipinski definition) is 0. The molecule has 0 fully saturated rings. The minimum absolute atomic E-state index is 0.725. The lowest BCUT2D eigenvalue weighted by Crippen LogP contribution is -2.00. The van der Waals surface area contributed by atoms with Crippen LogP contribution in [0.5, 0.6) is 0 Å². The fourth-order valence-electron chi connectivity index (χ4n) is 1.68. The Labute approximate surface area is 108 Å². The van der Waals surface area contributed by atoms with Crippen LogP contribution in [0.25, 0.3) is 5.69 Å². The van der Waals surface area contributed by atoms with Crippen LogP contribution in [0.15, 0.2) is 24.3 Å². The zero-order valence-corrected chi connectivity index (χ0v) is 11.5. The lowest BCUT2D eigenvalue weighted by molar-refractivity contribution is 0.833. The second-order valence-electron chi connectivity index (χ2n) is 3.76. The molecular weight excluding hydrogens is 288 g/mol. The Morgan fingerprint density at radius 3 is 2.56 bits per heavy atom. The summed E-state index contributed by atoms with van der Waals surface area (Å²) >= 11 is 9.65. The van der Waals surface area contributed by atoms with Crippen molar-refractivity contribution in [1.82, 2.24) is 9.78 Å². The zero-order chi connectivity index (χ0) is 11.7. The molecule has 0 unspecified atom stereocenters. The molecule has 4 heteroatoms. The van der Waals surface area contributed by atoms with Gasteiger partial charge in [-0.05, 0) is 37.6 Å². The van der Waals surface area contributed by atoms with E-state index in [0.29, 0.717) is 0 Å². The normalized spacial score (nSPS) is 10.8. The van der Waals surface area contributed by atoms with Crippen LogP contribution in [0.4, 0.5) is 0 Å².